The molecular weight excluding hydrogens is 172 g/mol. The Morgan fingerprint density at radius 2 is 1.86 bits per heavy atom. The van der Waals surface area contributed by atoms with E-state index in [2.05, 4.69) is 51.3 Å². The highest BCUT2D eigenvalue weighted by atomic mass is 15.2. The van der Waals surface area contributed by atoms with Crippen LogP contribution in [0.1, 0.15) is 36.6 Å². The van der Waals surface area contributed by atoms with Crippen molar-refractivity contribution in [1.82, 2.24) is 5.43 Å². The van der Waals surface area contributed by atoms with Crippen LogP contribution in [0.2, 0.25) is 0 Å². The van der Waals surface area contributed by atoms with Crippen LogP contribution in [0, 0.1) is 19.8 Å². The highest BCUT2D eigenvalue weighted by Crippen LogP contribution is 2.24. The minimum Gasteiger partial charge on any atom is -0.271 e. The van der Waals surface area contributed by atoms with Gasteiger partial charge >= 0.3 is 0 Å². The first-order valence-electron chi connectivity index (χ1n) is 5.09. The van der Waals surface area contributed by atoms with E-state index in [4.69, 9.17) is 5.84 Å². The van der Waals surface area contributed by atoms with Crippen LogP contribution < -0.4 is 11.3 Å². The molecule has 2 heteroatoms. The Balaban J connectivity index is 3.04. The van der Waals surface area contributed by atoms with Gasteiger partial charge in [0.05, 0.1) is 0 Å². The number of nitrogens with one attached hydrogen (secondary N) is 1. The molecular formula is C12H20N2. The normalized spacial score (nSPS) is 13.3. The monoisotopic (exact) mass is 192 g/mol. The zero-order valence-electron chi connectivity index (χ0n) is 9.46. The highest BCUT2D eigenvalue weighted by Gasteiger charge is 2.15. The maximum Gasteiger partial charge on any atom is 0.0485 e. The van der Waals surface area contributed by atoms with Crippen molar-refractivity contribution < 1.29 is 0 Å². The highest BCUT2D eigenvalue weighted by molar-refractivity contribution is 5.32. The van der Waals surface area contributed by atoms with E-state index in [1.807, 2.05) is 0 Å². The maximum absolute atomic E-state index is 5.56. The van der Waals surface area contributed by atoms with Crippen molar-refractivity contribution in [3.05, 3.63) is 34.9 Å². The maximum atomic E-state index is 5.56. The summed E-state index contributed by atoms with van der Waals surface area (Å²) < 4.78 is 0. The fourth-order valence-corrected chi connectivity index (χ4v) is 1.82. The average molecular weight is 192 g/mol. The molecule has 2 nitrogen and oxygen atoms in total. The second-order valence-electron chi connectivity index (χ2n) is 4.25. The molecule has 1 aromatic rings. The number of hydrogen-bond donors (Lipinski definition) is 2. The molecule has 0 aliphatic heterocycles. The molecule has 1 unspecified atom stereocenters. The third kappa shape index (κ3) is 2.34. The zero-order valence-corrected chi connectivity index (χ0v) is 9.46. The Hall–Kier alpha value is -0.860. The third-order valence-corrected chi connectivity index (χ3v) is 2.61. The fraction of sp³-hybridized carbons (Fsp3) is 0.500. The first-order chi connectivity index (χ1) is 6.56. The van der Waals surface area contributed by atoms with Gasteiger partial charge in [-0.05, 0) is 30.9 Å². The summed E-state index contributed by atoms with van der Waals surface area (Å²) in [6, 6.07) is 6.74. The Kier molecular flexibility index (Phi) is 3.67. The van der Waals surface area contributed by atoms with Crippen molar-refractivity contribution in [3.63, 3.8) is 0 Å². The lowest BCUT2D eigenvalue weighted by atomic mass is 9.92. The second kappa shape index (κ2) is 4.58. The number of nitrogens with two attached hydrogens (primary N) is 1. The van der Waals surface area contributed by atoms with E-state index in [1.165, 1.54) is 16.7 Å². The van der Waals surface area contributed by atoms with Gasteiger partial charge in [-0.15, -0.1) is 0 Å². The molecule has 0 aliphatic rings. The number of hydrogen-bond acceptors (Lipinski definition) is 2. The molecule has 1 atom stereocenters. The molecule has 0 spiro atoms. The van der Waals surface area contributed by atoms with E-state index in [0.717, 1.165) is 0 Å². The van der Waals surface area contributed by atoms with Gasteiger partial charge < -0.3 is 0 Å². The minimum atomic E-state index is 0.246. The number of rotatable bonds is 3. The third-order valence-electron chi connectivity index (χ3n) is 2.61. The van der Waals surface area contributed by atoms with Gasteiger partial charge in [0.1, 0.15) is 0 Å². The molecule has 0 amide bonds. The van der Waals surface area contributed by atoms with Crippen molar-refractivity contribution in [2.24, 2.45) is 11.8 Å². The summed E-state index contributed by atoms with van der Waals surface area (Å²) in [6.45, 7) is 8.58. The molecule has 0 aromatic heterocycles. The molecule has 78 valence electrons. The summed E-state index contributed by atoms with van der Waals surface area (Å²) in [7, 11) is 0. The molecule has 0 bridgehead atoms. The Bertz CT molecular complexity index is 305. The Morgan fingerprint density at radius 3 is 2.29 bits per heavy atom. The zero-order chi connectivity index (χ0) is 10.7. The van der Waals surface area contributed by atoms with E-state index in [-0.39, 0.29) is 6.04 Å². The SMILES string of the molecule is Cc1ccc(C(NN)C(C)C)c(C)c1. The molecule has 1 rings (SSSR count). The van der Waals surface area contributed by atoms with Crippen LogP contribution in [0.15, 0.2) is 18.2 Å². The summed E-state index contributed by atoms with van der Waals surface area (Å²) in [5.41, 5.74) is 6.78. The van der Waals surface area contributed by atoms with Gasteiger partial charge in [0.15, 0.2) is 0 Å². The van der Waals surface area contributed by atoms with Gasteiger partial charge in [-0.3, -0.25) is 11.3 Å². The van der Waals surface area contributed by atoms with Gasteiger partial charge in [-0.2, -0.15) is 0 Å². The first kappa shape index (κ1) is 11.2. The lowest BCUT2D eigenvalue weighted by molar-refractivity contribution is 0.419. The van der Waals surface area contributed by atoms with Gasteiger partial charge in [-0.25, -0.2) is 0 Å². The number of aryl methyl sites for hydroxylation is 2. The van der Waals surface area contributed by atoms with Crippen LogP contribution >= 0.6 is 0 Å². The van der Waals surface area contributed by atoms with Crippen LogP contribution in [-0.2, 0) is 0 Å². The smallest absolute Gasteiger partial charge is 0.0485 e. The quantitative estimate of drug-likeness (QED) is 0.570. The van der Waals surface area contributed by atoms with Crippen molar-refractivity contribution in [1.29, 1.82) is 0 Å². The lowest BCUT2D eigenvalue weighted by Gasteiger charge is -2.22. The van der Waals surface area contributed by atoms with E-state index < -0.39 is 0 Å². The van der Waals surface area contributed by atoms with Gasteiger partial charge in [-0.1, -0.05) is 37.6 Å². The summed E-state index contributed by atoms with van der Waals surface area (Å²) >= 11 is 0. The molecule has 0 saturated carbocycles. The van der Waals surface area contributed by atoms with E-state index >= 15 is 0 Å². The summed E-state index contributed by atoms with van der Waals surface area (Å²) in [5, 5.41) is 0. The minimum absolute atomic E-state index is 0.246. The van der Waals surface area contributed by atoms with Crippen molar-refractivity contribution >= 4 is 0 Å². The molecule has 0 fully saturated rings. The van der Waals surface area contributed by atoms with Crippen molar-refractivity contribution in [3.8, 4) is 0 Å². The molecule has 0 aliphatic carbocycles. The summed E-state index contributed by atoms with van der Waals surface area (Å²) in [5.74, 6) is 6.06. The van der Waals surface area contributed by atoms with Crippen LogP contribution in [-0.4, -0.2) is 0 Å². The van der Waals surface area contributed by atoms with Crippen LogP contribution in [0.4, 0.5) is 0 Å². The summed E-state index contributed by atoms with van der Waals surface area (Å²) in [6.07, 6.45) is 0. The standard InChI is InChI=1S/C12H20N2/c1-8(2)12(14-13)11-6-5-9(3)7-10(11)4/h5-8,12,14H,13H2,1-4H3. The summed E-state index contributed by atoms with van der Waals surface area (Å²) in [4.78, 5) is 0. The first-order valence-corrected chi connectivity index (χ1v) is 5.09. The average Bonchev–Trinajstić information content (AvgIpc) is 2.09. The van der Waals surface area contributed by atoms with Gasteiger partial charge in [0.2, 0.25) is 0 Å². The van der Waals surface area contributed by atoms with E-state index in [9.17, 15) is 0 Å². The molecule has 0 heterocycles. The second-order valence-corrected chi connectivity index (χ2v) is 4.25. The van der Waals surface area contributed by atoms with Crippen LogP contribution in [0.25, 0.3) is 0 Å². The Morgan fingerprint density at radius 1 is 1.21 bits per heavy atom. The van der Waals surface area contributed by atoms with Crippen LogP contribution in [0.3, 0.4) is 0 Å². The Labute approximate surface area is 86.5 Å². The van der Waals surface area contributed by atoms with Gasteiger partial charge in [0, 0.05) is 6.04 Å². The number of hydrazine groups is 1. The molecule has 1 aromatic carbocycles. The molecule has 0 radical (unpaired) electrons. The molecule has 3 N–H and O–H groups in total. The molecule has 14 heavy (non-hydrogen) atoms. The molecule has 0 saturated heterocycles. The fourth-order valence-electron chi connectivity index (χ4n) is 1.82. The van der Waals surface area contributed by atoms with Gasteiger partial charge in [0.25, 0.3) is 0 Å². The number of benzene rings is 1. The lowest BCUT2D eigenvalue weighted by Crippen LogP contribution is -2.32. The van der Waals surface area contributed by atoms with Crippen LogP contribution in [0.5, 0.6) is 0 Å². The van der Waals surface area contributed by atoms with E-state index in [1.54, 1.807) is 0 Å². The van der Waals surface area contributed by atoms with Crippen molar-refractivity contribution in [2.75, 3.05) is 0 Å². The largest absolute Gasteiger partial charge is 0.271 e. The van der Waals surface area contributed by atoms with E-state index in [0.29, 0.717) is 5.92 Å². The predicted octanol–water partition coefficient (Wildman–Crippen LogP) is 2.46. The van der Waals surface area contributed by atoms with Crippen molar-refractivity contribution in [2.45, 2.75) is 33.7 Å². The predicted molar refractivity (Wildman–Crippen MR) is 60.8 cm³/mol. The topological polar surface area (TPSA) is 38.0 Å².